The molecule has 0 aliphatic carbocycles. The number of nitrogens with zero attached hydrogens (tertiary/aromatic N) is 1. The Morgan fingerprint density at radius 2 is 2.24 bits per heavy atom. The van der Waals surface area contributed by atoms with Gasteiger partial charge in [0.05, 0.1) is 5.56 Å². The molecular weight excluding hydrogens is 220 g/mol. The van der Waals surface area contributed by atoms with Crippen LogP contribution in [0.5, 0.6) is 0 Å². The number of aromatic carboxylic acids is 1. The fourth-order valence-corrected chi connectivity index (χ4v) is 1.47. The normalized spacial score (nSPS) is 10.2. The van der Waals surface area contributed by atoms with Crippen molar-refractivity contribution in [2.45, 2.75) is 19.8 Å². The van der Waals surface area contributed by atoms with Crippen molar-refractivity contribution in [1.82, 2.24) is 4.98 Å². The number of carboxylic acids is 1. The van der Waals surface area contributed by atoms with Gasteiger partial charge < -0.3 is 15.2 Å². The van der Waals surface area contributed by atoms with Gasteiger partial charge in [-0.15, -0.1) is 0 Å². The molecule has 1 aromatic rings. The van der Waals surface area contributed by atoms with Crippen LogP contribution < -0.4 is 5.32 Å². The zero-order valence-electron chi connectivity index (χ0n) is 10.2. The lowest BCUT2D eigenvalue weighted by atomic mass is 10.2. The molecule has 0 unspecified atom stereocenters. The van der Waals surface area contributed by atoms with Crippen LogP contribution in [0.2, 0.25) is 0 Å². The summed E-state index contributed by atoms with van der Waals surface area (Å²) in [4.78, 5) is 15.1. The Balaban J connectivity index is 2.50. The minimum Gasteiger partial charge on any atom is -0.478 e. The molecule has 1 rings (SSSR count). The molecule has 0 aliphatic heterocycles. The van der Waals surface area contributed by atoms with E-state index in [1.54, 1.807) is 26.2 Å². The van der Waals surface area contributed by atoms with E-state index in [0.717, 1.165) is 26.0 Å². The number of nitrogens with one attached hydrogen (secondary N) is 1. The highest BCUT2D eigenvalue weighted by molar-refractivity contribution is 5.88. The summed E-state index contributed by atoms with van der Waals surface area (Å²) >= 11 is 0. The number of unbranched alkanes of at least 4 members (excludes halogenated alkanes) is 1. The third kappa shape index (κ3) is 4.82. The maximum Gasteiger partial charge on any atom is 0.335 e. The van der Waals surface area contributed by atoms with Crippen LogP contribution in [-0.2, 0) is 4.74 Å². The van der Waals surface area contributed by atoms with Gasteiger partial charge >= 0.3 is 5.97 Å². The first-order valence-corrected chi connectivity index (χ1v) is 5.58. The first-order valence-electron chi connectivity index (χ1n) is 5.58. The van der Waals surface area contributed by atoms with E-state index in [0.29, 0.717) is 11.5 Å². The summed E-state index contributed by atoms with van der Waals surface area (Å²) in [5, 5.41) is 12.0. The first kappa shape index (κ1) is 13.4. The van der Waals surface area contributed by atoms with Gasteiger partial charge in [-0.3, -0.25) is 0 Å². The second-order valence-electron chi connectivity index (χ2n) is 3.81. The lowest BCUT2D eigenvalue weighted by Crippen LogP contribution is -2.07. The Morgan fingerprint density at radius 3 is 2.88 bits per heavy atom. The Hall–Kier alpha value is -1.62. The second-order valence-corrected chi connectivity index (χ2v) is 3.81. The molecule has 2 N–H and O–H groups in total. The summed E-state index contributed by atoms with van der Waals surface area (Å²) in [6.45, 7) is 3.28. The van der Waals surface area contributed by atoms with Crippen molar-refractivity contribution in [3.63, 3.8) is 0 Å². The second kappa shape index (κ2) is 6.85. The molecule has 5 nitrogen and oxygen atoms in total. The molecule has 0 aromatic carbocycles. The molecule has 0 fully saturated rings. The van der Waals surface area contributed by atoms with Crippen LogP contribution in [0.25, 0.3) is 0 Å². The van der Waals surface area contributed by atoms with E-state index < -0.39 is 5.97 Å². The molecule has 5 heteroatoms. The quantitative estimate of drug-likeness (QED) is 0.710. The van der Waals surface area contributed by atoms with Gasteiger partial charge in [-0.25, -0.2) is 9.78 Å². The summed E-state index contributed by atoms with van der Waals surface area (Å²) in [5.41, 5.74) is 0.959. The van der Waals surface area contributed by atoms with Crippen molar-refractivity contribution in [3.8, 4) is 0 Å². The van der Waals surface area contributed by atoms with Crippen molar-refractivity contribution >= 4 is 11.8 Å². The third-order valence-corrected chi connectivity index (χ3v) is 2.28. The maximum atomic E-state index is 10.8. The number of aromatic nitrogens is 1. The number of anilines is 1. The van der Waals surface area contributed by atoms with Crippen molar-refractivity contribution in [1.29, 1.82) is 0 Å². The maximum absolute atomic E-state index is 10.8. The minimum atomic E-state index is -0.932. The van der Waals surface area contributed by atoms with Gasteiger partial charge in [-0.1, -0.05) is 0 Å². The van der Waals surface area contributed by atoms with Crippen LogP contribution in [0.1, 0.15) is 28.9 Å². The number of carboxylic acid groups (broad SMARTS) is 1. The number of rotatable bonds is 7. The van der Waals surface area contributed by atoms with Crippen LogP contribution >= 0.6 is 0 Å². The molecule has 0 aliphatic rings. The molecule has 1 heterocycles. The van der Waals surface area contributed by atoms with Gasteiger partial charge in [-0.2, -0.15) is 0 Å². The lowest BCUT2D eigenvalue weighted by molar-refractivity contribution is 0.0696. The van der Waals surface area contributed by atoms with Gasteiger partial charge in [-0.05, 0) is 31.9 Å². The summed E-state index contributed by atoms with van der Waals surface area (Å²) in [6, 6.07) is 3.10. The van der Waals surface area contributed by atoms with E-state index in [9.17, 15) is 4.79 Å². The summed E-state index contributed by atoms with van der Waals surface area (Å²) in [5.74, 6) is -0.322. The summed E-state index contributed by atoms with van der Waals surface area (Å²) < 4.78 is 4.94. The predicted octanol–water partition coefficient (Wildman–Crippen LogP) is 1.93. The lowest BCUT2D eigenvalue weighted by Gasteiger charge is -2.07. The van der Waals surface area contributed by atoms with Crippen molar-refractivity contribution in [2.75, 3.05) is 25.6 Å². The highest BCUT2D eigenvalue weighted by atomic mass is 16.5. The van der Waals surface area contributed by atoms with Gasteiger partial charge in [0.25, 0.3) is 0 Å². The number of ether oxygens (including phenoxy) is 1. The number of hydrogen-bond donors (Lipinski definition) is 2. The number of pyridine rings is 1. The van der Waals surface area contributed by atoms with Crippen LogP contribution in [0.3, 0.4) is 0 Å². The number of aryl methyl sites for hydroxylation is 1. The number of carbonyl (C=O) groups is 1. The van der Waals surface area contributed by atoms with Gasteiger partial charge in [0.1, 0.15) is 5.82 Å². The molecule has 0 saturated heterocycles. The van der Waals surface area contributed by atoms with Crippen LogP contribution in [0.4, 0.5) is 5.82 Å². The number of methoxy groups -OCH3 is 1. The van der Waals surface area contributed by atoms with Crippen molar-refractivity contribution in [3.05, 3.63) is 23.4 Å². The zero-order valence-corrected chi connectivity index (χ0v) is 10.2. The Bertz CT molecular complexity index is 380. The first-order chi connectivity index (χ1) is 8.13. The predicted molar refractivity (Wildman–Crippen MR) is 65.5 cm³/mol. The van der Waals surface area contributed by atoms with E-state index >= 15 is 0 Å². The molecule has 0 atom stereocenters. The fourth-order valence-electron chi connectivity index (χ4n) is 1.47. The zero-order chi connectivity index (χ0) is 12.7. The standard InChI is InChI=1S/C12H18N2O3/c1-9-7-10(12(15)16)8-11(14-9)13-5-3-4-6-17-2/h7-8H,3-6H2,1-2H3,(H,13,14)(H,15,16). The van der Waals surface area contributed by atoms with E-state index in [4.69, 9.17) is 9.84 Å². The molecular formula is C12H18N2O3. The molecule has 94 valence electrons. The fraction of sp³-hybridized carbons (Fsp3) is 0.500. The molecule has 0 spiro atoms. The molecule has 1 aromatic heterocycles. The van der Waals surface area contributed by atoms with Crippen molar-refractivity contribution < 1.29 is 14.6 Å². The van der Waals surface area contributed by atoms with E-state index in [2.05, 4.69) is 10.3 Å². The monoisotopic (exact) mass is 238 g/mol. The minimum absolute atomic E-state index is 0.261. The average molecular weight is 238 g/mol. The summed E-state index contributed by atoms with van der Waals surface area (Å²) in [7, 11) is 1.68. The van der Waals surface area contributed by atoms with Gasteiger partial charge in [0, 0.05) is 26.0 Å². The van der Waals surface area contributed by atoms with E-state index in [1.807, 2.05) is 0 Å². The average Bonchev–Trinajstić information content (AvgIpc) is 2.28. The highest BCUT2D eigenvalue weighted by Crippen LogP contribution is 2.10. The Morgan fingerprint density at radius 1 is 1.47 bits per heavy atom. The third-order valence-electron chi connectivity index (χ3n) is 2.28. The highest BCUT2D eigenvalue weighted by Gasteiger charge is 2.05. The van der Waals surface area contributed by atoms with Crippen LogP contribution in [-0.4, -0.2) is 36.3 Å². The van der Waals surface area contributed by atoms with E-state index in [-0.39, 0.29) is 5.56 Å². The number of hydrogen-bond acceptors (Lipinski definition) is 4. The summed E-state index contributed by atoms with van der Waals surface area (Å²) in [6.07, 6.45) is 1.94. The molecule has 0 saturated carbocycles. The van der Waals surface area contributed by atoms with Crippen molar-refractivity contribution in [2.24, 2.45) is 0 Å². The SMILES string of the molecule is COCCCCNc1cc(C(=O)O)cc(C)n1. The molecule has 0 radical (unpaired) electrons. The largest absolute Gasteiger partial charge is 0.478 e. The Labute approximate surface area is 101 Å². The topological polar surface area (TPSA) is 71.5 Å². The van der Waals surface area contributed by atoms with E-state index in [1.165, 1.54) is 0 Å². The Kier molecular flexibility index (Phi) is 5.42. The van der Waals surface area contributed by atoms with Gasteiger partial charge in [0.2, 0.25) is 0 Å². The van der Waals surface area contributed by atoms with Crippen LogP contribution in [0, 0.1) is 6.92 Å². The van der Waals surface area contributed by atoms with Crippen LogP contribution in [0.15, 0.2) is 12.1 Å². The molecule has 17 heavy (non-hydrogen) atoms. The van der Waals surface area contributed by atoms with Gasteiger partial charge in [0.15, 0.2) is 0 Å². The molecule has 0 amide bonds. The molecule has 0 bridgehead atoms. The smallest absolute Gasteiger partial charge is 0.335 e.